The van der Waals surface area contributed by atoms with Crippen molar-refractivity contribution in [2.75, 3.05) is 39.6 Å². The minimum absolute atomic E-state index is 0.199. The second kappa shape index (κ2) is 30.6. The zero-order chi connectivity index (χ0) is 72.0. The molecule has 11 rings (SSSR count). The molecule has 1 spiro atoms. The molecule has 0 aromatic rings. The normalized spacial score (nSPS) is 54.9. The van der Waals surface area contributed by atoms with Crippen LogP contribution in [0.25, 0.3) is 0 Å². The van der Waals surface area contributed by atoms with Gasteiger partial charge in [-0.3, -0.25) is 4.79 Å². The Morgan fingerprint density at radius 3 is 1.22 bits per heavy atom. The fraction of sp³-hybridized carbons (Fsp3) is 0.952. The SMILES string of the molecule is C=C1CC23CCC4C(C)(C(=O)O[C@@H]5O[C@H](CO)[C@@H](O)[C@H](O[C@@H]6O[C@H](CO)[C@@H](O)[C@H](O)[C@H]6O)[C@H]5O[C@@H]5O[C@@H](C)[C@@H](O)[C@@H](O)[C@H]5O[C@H]5O[C@@H](CO)[C@H](O)[C@@H](O)[C@@H]5O)CCCC4(C)C2CCC1(O[C@@H]1O[C@H](CO)[C@@H](O)[C@H](O[C@@H]2O[C@H](CO)[C@@H](O)[C@H](O)[C@H]2O)[C@H]1O[C@@H]1O[C@H](CO)[C@@H](O)[C@H](O)[C@H]1O)C3. The van der Waals surface area contributed by atoms with Gasteiger partial charge in [0.05, 0.1) is 56.8 Å². The Kier molecular flexibility index (Phi) is 24.1. The van der Waals surface area contributed by atoms with Gasteiger partial charge in [-0.25, -0.2) is 0 Å². The number of hydrogen-bond acceptors (Lipinski definition) is 37. The number of esters is 1. The van der Waals surface area contributed by atoms with Crippen LogP contribution in [0.3, 0.4) is 0 Å². The highest BCUT2D eigenvalue weighted by Gasteiger charge is 2.70. The Balaban J connectivity index is 0.879. The largest absolute Gasteiger partial charge is 0.432 e. The summed E-state index contributed by atoms with van der Waals surface area (Å²) in [6.07, 6.45) is -62.4. The Bertz CT molecular complexity index is 2700. The van der Waals surface area contributed by atoms with Crippen LogP contribution < -0.4 is 0 Å². The minimum Gasteiger partial charge on any atom is -0.432 e. The van der Waals surface area contributed by atoms with Gasteiger partial charge in [0.15, 0.2) is 43.8 Å². The van der Waals surface area contributed by atoms with E-state index in [9.17, 15) is 112 Å². The molecule has 6 unspecified atom stereocenters. The lowest BCUT2D eigenvalue weighted by molar-refractivity contribution is -0.402. The number of aliphatic hydroxyl groups is 22. The Hall–Kier alpha value is -2.19. The molecule has 11 fully saturated rings. The third-order valence-electron chi connectivity index (χ3n) is 23.4. The van der Waals surface area contributed by atoms with E-state index < -0.39 is 288 Å². The molecule has 37 nitrogen and oxygen atoms in total. The van der Waals surface area contributed by atoms with Crippen molar-refractivity contribution in [3.8, 4) is 0 Å². The van der Waals surface area contributed by atoms with E-state index in [4.69, 9.17) is 66.3 Å². The van der Waals surface area contributed by atoms with Gasteiger partial charge in [-0.05, 0) is 93.5 Å². The molecule has 7 saturated heterocycles. The Morgan fingerprint density at radius 2 is 0.778 bits per heavy atom. The molecule has 0 aromatic heterocycles. The Labute approximate surface area is 566 Å². The second-order valence-corrected chi connectivity index (χ2v) is 29.2. The number of carbonyl (C=O) groups excluding carboxylic acids is 1. The van der Waals surface area contributed by atoms with E-state index in [0.717, 1.165) is 0 Å². The zero-order valence-electron chi connectivity index (χ0n) is 54.6. The summed E-state index contributed by atoms with van der Waals surface area (Å²) in [4.78, 5) is 15.7. The fourth-order valence-corrected chi connectivity index (χ4v) is 17.8. The highest BCUT2D eigenvalue weighted by molar-refractivity contribution is 5.77. The van der Waals surface area contributed by atoms with Crippen LogP contribution >= 0.6 is 0 Å². The molecule has 7 heterocycles. The molecule has 0 aromatic carbocycles. The van der Waals surface area contributed by atoms with E-state index in [1.165, 1.54) is 6.92 Å². The molecule has 41 atom stereocenters. The summed E-state index contributed by atoms with van der Waals surface area (Å²) < 4.78 is 85.8. The van der Waals surface area contributed by atoms with E-state index in [0.29, 0.717) is 44.1 Å². The predicted molar refractivity (Wildman–Crippen MR) is 316 cm³/mol. The number of carbonyl (C=O) groups is 1. The van der Waals surface area contributed by atoms with Crippen molar-refractivity contribution in [2.45, 2.75) is 299 Å². The van der Waals surface area contributed by atoms with Crippen LogP contribution in [0.5, 0.6) is 0 Å². The lowest BCUT2D eigenvalue weighted by atomic mass is 9.41. The summed E-state index contributed by atoms with van der Waals surface area (Å²) in [5.74, 6) is -1.58. The maximum absolute atomic E-state index is 15.7. The molecule has 570 valence electrons. The Morgan fingerprint density at radius 1 is 0.404 bits per heavy atom. The average Bonchev–Trinajstić information content (AvgIpc) is 1.60. The zero-order valence-corrected chi connectivity index (χ0v) is 54.6. The summed E-state index contributed by atoms with van der Waals surface area (Å²) in [5.41, 5.74) is -3.46. The van der Waals surface area contributed by atoms with Crippen molar-refractivity contribution in [3.05, 3.63) is 12.2 Å². The van der Waals surface area contributed by atoms with Crippen LogP contribution in [0.15, 0.2) is 12.2 Å². The molecule has 0 radical (unpaired) electrons. The van der Waals surface area contributed by atoms with Crippen LogP contribution in [0, 0.1) is 28.1 Å². The van der Waals surface area contributed by atoms with E-state index in [1.54, 1.807) is 6.92 Å². The monoisotopic (exact) mass is 1440 g/mol. The predicted octanol–water partition coefficient (Wildman–Crippen LogP) is -10.6. The molecule has 4 aliphatic carbocycles. The quantitative estimate of drug-likeness (QED) is 0.0306. The van der Waals surface area contributed by atoms with Gasteiger partial charge in [0, 0.05) is 0 Å². The van der Waals surface area contributed by atoms with Gasteiger partial charge in [0.1, 0.15) is 159 Å². The van der Waals surface area contributed by atoms with Crippen LogP contribution in [0.1, 0.15) is 78.6 Å². The van der Waals surface area contributed by atoms with Crippen LogP contribution in [-0.2, 0) is 71.1 Å². The lowest BCUT2D eigenvalue weighted by Gasteiger charge is -2.64. The topological polar surface area (TPSA) is 591 Å². The molecule has 0 amide bonds. The van der Waals surface area contributed by atoms with Crippen molar-refractivity contribution in [1.29, 1.82) is 0 Å². The summed E-state index contributed by atoms with van der Waals surface area (Å²) in [6, 6.07) is 0. The van der Waals surface area contributed by atoms with E-state index in [1.807, 2.05) is 0 Å². The van der Waals surface area contributed by atoms with Gasteiger partial charge < -0.3 is 179 Å². The van der Waals surface area contributed by atoms with Crippen molar-refractivity contribution in [3.63, 3.8) is 0 Å². The van der Waals surface area contributed by atoms with Crippen LogP contribution in [0.4, 0.5) is 0 Å². The van der Waals surface area contributed by atoms with Crippen LogP contribution in [0.2, 0.25) is 0 Å². The molecule has 22 N–H and O–H groups in total. The fourth-order valence-electron chi connectivity index (χ4n) is 17.8. The minimum atomic E-state index is -2.12. The van der Waals surface area contributed by atoms with Gasteiger partial charge in [-0.1, -0.05) is 19.9 Å². The van der Waals surface area contributed by atoms with Crippen molar-refractivity contribution in [1.82, 2.24) is 0 Å². The maximum atomic E-state index is 15.7. The number of rotatable bonds is 20. The van der Waals surface area contributed by atoms with E-state index >= 15 is 4.79 Å². The first-order valence-electron chi connectivity index (χ1n) is 33.8. The first kappa shape index (κ1) is 77.9. The molecule has 2 bridgehead atoms. The van der Waals surface area contributed by atoms with Crippen LogP contribution in [-0.4, -0.2) is 378 Å². The second-order valence-electron chi connectivity index (χ2n) is 29.2. The molecule has 37 heteroatoms. The van der Waals surface area contributed by atoms with Gasteiger partial charge in [0.2, 0.25) is 6.29 Å². The van der Waals surface area contributed by atoms with Gasteiger partial charge in [0.25, 0.3) is 0 Å². The number of ether oxygens (including phenoxy) is 14. The maximum Gasteiger partial charge on any atom is 0.314 e. The molecule has 4 saturated carbocycles. The van der Waals surface area contributed by atoms with E-state index in [2.05, 4.69) is 13.5 Å². The van der Waals surface area contributed by atoms with Gasteiger partial charge in [-0.15, -0.1) is 0 Å². The summed E-state index contributed by atoms with van der Waals surface area (Å²) in [5, 5.41) is 239. The summed E-state index contributed by atoms with van der Waals surface area (Å²) in [6.45, 7) is 4.18. The first-order chi connectivity index (χ1) is 46.8. The standard InChI is InChI=1S/C62H100O37/c1-20-12-61-10-6-28-59(3,29(61)7-11-62(20,19-61)99-57-50(96-54-45(84)40(79)34(73)25(16-66)90-54)47(36(75)27(18-68)92-57)94-52-43(82)38(77)32(71)23(14-64)88-52)8-5-9-60(28,4)58(85)98-56-49(46(35(74)26(17-67)91-56)93-51-42(81)37(76)31(70)22(13-63)87-51)97-55-48(41(80)30(69)21(2)86-55)95-53-44(83)39(78)33(72)24(15-65)89-53/h21-57,63-84H,1,5-19H2,2-4H3/t21-,22+,23+,24-,25+,26+,27+,28?,29?,30+,31+,32+,33-,34+,35+,36+,37-,38-,39+,40-,41+,42+,43+,44-,45+,46-,47-,48+,49+,50+,51-,52-,53+,54-,55-,56-,57-,59?,60?,61?,62?/m0/s1. The highest BCUT2D eigenvalue weighted by Crippen LogP contribution is 2.74. The molecule has 99 heavy (non-hydrogen) atoms. The van der Waals surface area contributed by atoms with Crippen molar-refractivity contribution in [2.24, 2.45) is 28.1 Å². The lowest BCUT2D eigenvalue weighted by Crippen LogP contribution is -2.68. The van der Waals surface area contributed by atoms with Crippen molar-refractivity contribution >= 4 is 5.97 Å². The molecule has 11 aliphatic rings. The first-order valence-corrected chi connectivity index (χ1v) is 33.8. The van der Waals surface area contributed by atoms with E-state index in [-0.39, 0.29) is 25.2 Å². The van der Waals surface area contributed by atoms with Crippen molar-refractivity contribution < 1.29 is 183 Å². The molecule has 7 aliphatic heterocycles. The summed E-state index contributed by atoms with van der Waals surface area (Å²) in [7, 11) is 0. The third-order valence-corrected chi connectivity index (χ3v) is 23.4. The average molecular weight is 1440 g/mol. The highest BCUT2D eigenvalue weighted by atomic mass is 16.8. The third kappa shape index (κ3) is 14.0. The number of aliphatic hydroxyl groups excluding tert-OH is 22. The smallest absolute Gasteiger partial charge is 0.314 e. The summed E-state index contributed by atoms with van der Waals surface area (Å²) >= 11 is 0. The molecular weight excluding hydrogens is 1340 g/mol. The molecular formula is C62H100O37. The number of fused-ring (bicyclic) bond motifs is 3. The van der Waals surface area contributed by atoms with Gasteiger partial charge in [-0.2, -0.15) is 0 Å². The number of hydrogen-bond donors (Lipinski definition) is 22. The van der Waals surface area contributed by atoms with Gasteiger partial charge >= 0.3 is 5.97 Å².